The van der Waals surface area contributed by atoms with Gasteiger partial charge in [0.05, 0.1) is 5.69 Å². The molecule has 5 nitrogen and oxygen atoms in total. The molecular formula is C28H32N4O. The van der Waals surface area contributed by atoms with Gasteiger partial charge in [-0.3, -0.25) is 4.79 Å². The molecule has 5 heteroatoms. The fourth-order valence-corrected chi connectivity index (χ4v) is 4.11. The molecule has 3 aromatic carbocycles. The van der Waals surface area contributed by atoms with E-state index in [1.165, 1.54) is 5.56 Å². The molecule has 0 aliphatic carbocycles. The van der Waals surface area contributed by atoms with E-state index in [4.69, 9.17) is 4.99 Å². The lowest BCUT2D eigenvalue weighted by molar-refractivity contribution is -0.118. The highest BCUT2D eigenvalue weighted by Gasteiger charge is 2.38. The number of amides is 1. The quantitative estimate of drug-likeness (QED) is 0.522. The van der Waals surface area contributed by atoms with Crippen molar-refractivity contribution < 1.29 is 4.79 Å². The lowest BCUT2D eigenvalue weighted by Crippen LogP contribution is -2.47. The van der Waals surface area contributed by atoms with Crippen molar-refractivity contribution in [3.8, 4) is 0 Å². The second-order valence-electron chi connectivity index (χ2n) is 8.81. The molecule has 0 bridgehead atoms. The number of aryl methyl sites for hydroxylation is 1. The summed E-state index contributed by atoms with van der Waals surface area (Å²) < 4.78 is 0. The number of anilines is 1. The molecule has 1 amide bonds. The Balaban J connectivity index is 1.72. The number of hydrogen-bond donors (Lipinski definition) is 0. The second kappa shape index (κ2) is 10.5. The molecule has 0 aromatic heterocycles. The predicted octanol–water partition coefficient (Wildman–Crippen LogP) is 4.37. The van der Waals surface area contributed by atoms with Crippen molar-refractivity contribution in [2.75, 3.05) is 32.1 Å². The standard InChI is InChI=1S/C28H32N4O/c1-22-12-10-11-17-26(22)32-27(33)25(20-23-13-6-4-7-14-23)29-28(32)31(19-18-30(2)3)21-24-15-8-5-9-16-24/h4-17,25H,18-21H2,1-3H3. The Morgan fingerprint density at radius 1 is 0.818 bits per heavy atom. The number of carbonyl (C=O) groups excluding carboxylic acids is 1. The summed E-state index contributed by atoms with van der Waals surface area (Å²) in [5.41, 5.74) is 4.28. The first-order valence-electron chi connectivity index (χ1n) is 11.5. The van der Waals surface area contributed by atoms with Crippen molar-refractivity contribution in [3.63, 3.8) is 0 Å². The summed E-state index contributed by atoms with van der Waals surface area (Å²) in [6, 6.07) is 28.2. The van der Waals surface area contributed by atoms with Gasteiger partial charge in [-0.05, 0) is 43.8 Å². The summed E-state index contributed by atoms with van der Waals surface area (Å²) in [5, 5.41) is 0. The van der Waals surface area contributed by atoms with Gasteiger partial charge in [0.1, 0.15) is 6.04 Å². The van der Waals surface area contributed by atoms with Crippen LogP contribution >= 0.6 is 0 Å². The Labute approximate surface area is 197 Å². The average molecular weight is 441 g/mol. The summed E-state index contributed by atoms with van der Waals surface area (Å²) in [6.45, 7) is 4.38. The molecule has 33 heavy (non-hydrogen) atoms. The molecule has 0 saturated heterocycles. The van der Waals surface area contributed by atoms with Gasteiger partial charge < -0.3 is 9.80 Å². The van der Waals surface area contributed by atoms with Crippen molar-refractivity contribution in [3.05, 3.63) is 102 Å². The van der Waals surface area contributed by atoms with E-state index < -0.39 is 6.04 Å². The van der Waals surface area contributed by atoms with Gasteiger partial charge in [0.25, 0.3) is 5.91 Å². The number of likely N-dealkylation sites (N-methyl/N-ethyl adjacent to an activating group) is 1. The van der Waals surface area contributed by atoms with E-state index >= 15 is 0 Å². The number of guanidine groups is 1. The van der Waals surface area contributed by atoms with E-state index in [0.717, 1.165) is 35.9 Å². The van der Waals surface area contributed by atoms with Crippen LogP contribution in [-0.2, 0) is 17.8 Å². The minimum Gasteiger partial charge on any atom is -0.337 e. The molecule has 0 N–H and O–H groups in total. The van der Waals surface area contributed by atoms with E-state index in [1.54, 1.807) is 0 Å². The van der Waals surface area contributed by atoms with Gasteiger partial charge in [0, 0.05) is 26.1 Å². The average Bonchev–Trinajstić information content (AvgIpc) is 3.14. The Morgan fingerprint density at radius 2 is 1.42 bits per heavy atom. The third kappa shape index (κ3) is 5.49. The summed E-state index contributed by atoms with van der Waals surface area (Å²) in [5.74, 6) is 0.770. The van der Waals surface area contributed by atoms with Gasteiger partial charge in [-0.15, -0.1) is 0 Å². The van der Waals surface area contributed by atoms with E-state index in [0.29, 0.717) is 13.0 Å². The van der Waals surface area contributed by atoms with Crippen LogP contribution in [0.15, 0.2) is 89.9 Å². The van der Waals surface area contributed by atoms with Crippen LogP contribution in [0.3, 0.4) is 0 Å². The molecule has 1 unspecified atom stereocenters. The Bertz CT molecular complexity index is 1100. The maximum Gasteiger partial charge on any atom is 0.259 e. The molecule has 0 radical (unpaired) electrons. The number of carbonyl (C=O) groups is 1. The van der Waals surface area contributed by atoms with Crippen LogP contribution in [0.1, 0.15) is 16.7 Å². The number of rotatable bonds is 8. The zero-order valence-electron chi connectivity index (χ0n) is 19.7. The highest BCUT2D eigenvalue weighted by atomic mass is 16.2. The van der Waals surface area contributed by atoms with Crippen LogP contribution in [0.5, 0.6) is 0 Å². The summed E-state index contributed by atoms with van der Waals surface area (Å²) in [6.07, 6.45) is 0.596. The maximum atomic E-state index is 13.7. The van der Waals surface area contributed by atoms with Crippen LogP contribution < -0.4 is 4.90 Å². The zero-order chi connectivity index (χ0) is 23.2. The van der Waals surface area contributed by atoms with E-state index in [2.05, 4.69) is 60.3 Å². The fourth-order valence-electron chi connectivity index (χ4n) is 4.11. The largest absolute Gasteiger partial charge is 0.337 e. The molecule has 1 aliphatic heterocycles. The van der Waals surface area contributed by atoms with Crippen LogP contribution in [0, 0.1) is 6.92 Å². The van der Waals surface area contributed by atoms with E-state index in [9.17, 15) is 4.79 Å². The van der Waals surface area contributed by atoms with Crippen molar-refractivity contribution in [1.29, 1.82) is 0 Å². The summed E-state index contributed by atoms with van der Waals surface area (Å²) in [7, 11) is 4.14. The maximum absolute atomic E-state index is 13.7. The molecule has 0 fully saturated rings. The number of benzene rings is 3. The van der Waals surface area contributed by atoms with Crippen LogP contribution in [0.25, 0.3) is 0 Å². The molecule has 0 spiro atoms. The molecule has 1 atom stereocenters. The first-order valence-corrected chi connectivity index (χ1v) is 11.5. The molecule has 1 aliphatic rings. The van der Waals surface area contributed by atoms with Crippen LogP contribution in [-0.4, -0.2) is 54.9 Å². The van der Waals surface area contributed by atoms with Gasteiger partial charge in [-0.2, -0.15) is 0 Å². The SMILES string of the molecule is Cc1ccccc1N1C(=O)C(Cc2ccccc2)N=C1N(CCN(C)C)Cc1ccccc1. The van der Waals surface area contributed by atoms with E-state index in [1.807, 2.05) is 60.4 Å². The molecule has 0 saturated carbocycles. The summed E-state index contributed by atoms with van der Waals surface area (Å²) >= 11 is 0. The number of nitrogens with zero attached hydrogens (tertiary/aromatic N) is 4. The normalized spacial score (nSPS) is 15.8. The van der Waals surface area contributed by atoms with Crippen molar-refractivity contribution >= 4 is 17.6 Å². The van der Waals surface area contributed by atoms with Crippen molar-refractivity contribution in [2.45, 2.75) is 25.9 Å². The third-order valence-corrected chi connectivity index (χ3v) is 5.92. The molecule has 4 rings (SSSR count). The molecular weight excluding hydrogens is 408 g/mol. The smallest absolute Gasteiger partial charge is 0.259 e. The molecule has 170 valence electrons. The van der Waals surface area contributed by atoms with Gasteiger partial charge >= 0.3 is 0 Å². The minimum absolute atomic E-state index is 0.0334. The fraction of sp³-hybridized carbons (Fsp3) is 0.286. The monoisotopic (exact) mass is 440 g/mol. The zero-order valence-corrected chi connectivity index (χ0v) is 19.7. The van der Waals surface area contributed by atoms with Crippen LogP contribution in [0.2, 0.25) is 0 Å². The van der Waals surface area contributed by atoms with Crippen molar-refractivity contribution in [2.24, 2.45) is 4.99 Å². The first kappa shape index (κ1) is 22.7. The van der Waals surface area contributed by atoms with Crippen molar-refractivity contribution in [1.82, 2.24) is 9.80 Å². The third-order valence-electron chi connectivity index (χ3n) is 5.92. The Morgan fingerprint density at radius 3 is 2.06 bits per heavy atom. The van der Waals surface area contributed by atoms with Crippen LogP contribution in [0.4, 0.5) is 5.69 Å². The number of hydrogen-bond acceptors (Lipinski definition) is 4. The van der Waals surface area contributed by atoms with Gasteiger partial charge in [-0.25, -0.2) is 9.89 Å². The highest BCUT2D eigenvalue weighted by Crippen LogP contribution is 2.28. The molecule has 1 heterocycles. The molecule has 3 aromatic rings. The predicted molar refractivity (Wildman–Crippen MR) is 135 cm³/mol. The number of para-hydroxylation sites is 1. The van der Waals surface area contributed by atoms with Gasteiger partial charge in [-0.1, -0.05) is 78.9 Å². The van der Waals surface area contributed by atoms with Gasteiger partial charge in [0.15, 0.2) is 0 Å². The van der Waals surface area contributed by atoms with E-state index in [-0.39, 0.29) is 5.91 Å². The summed E-state index contributed by atoms with van der Waals surface area (Å²) in [4.78, 5) is 25.0. The Kier molecular flexibility index (Phi) is 7.20. The lowest BCUT2D eigenvalue weighted by atomic mass is 10.1. The Hall–Kier alpha value is -3.44. The minimum atomic E-state index is -0.431. The second-order valence-corrected chi connectivity index (χ2v) is 8.81. The topological polar surface area (TPSA) is 39.2 Å². The first-order chi connectivity index (χ1) is 16.0. The lowest BCUT2D eigenvalue weighted by Gasteiger charge is -2.31. The van der Waals surface area contributed by atoms with Gasteiger partial charge in [0.2, 0.25) is 5.96 Å². The highest BCUT2D eigenvalue weighted by molar-refractivity contribution is 6.22. The number of aliphatic imine (C=N–C) groups is 1.